The summed E-state index contributed by atoms with van der Waals surface area (Å²) in [5.41, 5.74) is 3.23. The third-order valence-electron chi connectivity index (χ3n) is 5.41. The minimum Gasteiger partial charge on any atom is -0.461 e. The third-order valence-corrected chi connectivity index (χ3v) is 5.65. The van der Waals surface area contributed by atoms with E-state index in [0.29, 0.717) is 38.5 Å². The van der Waals surface area contributed by atoms with Crippen molar-refractivity contribution in [1.82, 2.24) is 15.0 Å². The van der Waals surface area contributed by atoms with E-state index in [1.807, 2.05) is 30.3 Å². The standard InChI is InChI=1S/C26H18ClN3O4/c1-14-24-19(17(12-28-14)13-33-15(2)31)11-21(26(32)34-24)25-29-22-9-8-18(27)10-20(22)23(30-25)16-6-4-3-5-7-16/h3-12H,13H2,1-2H3. The van der Waals surface area contributed by atoms with Crippen molar-refractivity contribution in [3.05, 3.63) is 87.5 Å². The molecule has 0 N–H and O–H groups in total. The average Bonchev–Trinajstić information content (AvgIpc) is 2.83. The van der Waals surface area contributed by atoms with E-state index >= 15 is 0 Å². The van der Waals surface area contributed by atoms with Crippen LogP contribution < -0.4 is 5.63 Å². The smallest absolute Gasteiger partial charge is 0.347 e. The molecule has 0 aliphatic carbocycles. The Hall–Kier alpha value is -4.10. The van der Waals surface area contributed by atoms with Crippen LogP contribution in [0.3, 0.4) is 0 Å². The fraction of sp³-hybridized carbons (Fsp3) is 0.115. The number of halogens is 1. The molecule has 0 aliphatic heterocycles. The summed E-state index contributed by atoms with van der Waals surface area (Å²) in [4.78, 5) is 38.0. The highest BCUT2D eigenvalue weighted by molar-refractivity contribution is 6.31. The number of aromatic nitrogens is 3. The normalized spacial score (nSPS) is 11.1. The van der Waals surface area contributed by atoms with E-state index in [2.05, 4.69) is 9.97 Å². The molecule has 168 valence electrons. The van der Waals surface area contributed by atoms with Crippen LogP contribution in [0.1, 0.15) is 18.2 Å². The van der Waals surface area contributed by atoms with Crippen molar-refractivity contribution >= 4 is 39.4 Å². The van der Waals surface area contributed by atoms with Crippen LogP contribution in [0.5, 0.6) is 0 Å². The predicted octanol–water partition coefficient (Wildman–Crippen LogP) is 5.49. The number of hydrogen-bond donors (Lipinski definition) is 0. The number of ether oxygens (including phenoxy) is 1. The van der Waals surface area contributed by atoms with Crippen molar-refractivity contribution in [3.8, 4) is 22.6 Å². The van der Waals surface area contributed by atoms with Gasteiger partial charge in [-0.1, -0.05) is 41.9 Å². The van der Waals surface area contributed by atoms with Crippen molar-refractivity contribution in [1.29, 1.82) is 0 Å². The molecule has 0 radical (unpaired) electrons. The van der Waals surface area contributed by atoms with Crippen LogP contribution in [0, 0.1) is 6.92 Å². The highest BCUT2D eigenvalue weighted by atomic mass is 35.5. The van der Waals surface area contributed by atoms with Gasteiger partial charge in [0.05, 0.1) is 16.9 Å². The number of nitrogens with zero attached hydrogens (tertiary/aromatic N) is 3. The quantitative estimate of drug-likeness (QED) is 0.320. The Morgan fingerprint density at radius 1 is 1.06 bits per heavy atom. The van der Waals surface area contributed by atoms with Crippen LogP contribution in [0.25, 0.3) is 44.5 Å². The minimum absolute atomic E-state index is 0.00137. The van der Waals surface area contributed by atoms with Crippen molar-refractivity contribution in [2.24, 2.45) is 0 Å². The van der Waals surface area contributed by atoms with Gasteiger partial charge in [0.2, 0.25) is 0 Å². The van der Waals surface area contributed by atoms with Crippen LogP contribution in [0.15, 0.2) is 70.0 Å². The molecule has 8 heteroatoms. The van der Waals surface area contributed by atoms with Gasteiger partial charge in [-0.2, -0.15) is 0 Å². The molecule has 3 heterocycles. The van der Waals surface area contributed by atoms with Gasteiger partial charge in [-0.05, 0) is 31.2 Å². The van der Waals surface area contributed by atoms with Crippen LogP contribution in [0.2, 0.25) is 5.02 Å². The Morgan fingerprint density at radius 3 is 2.62 bits per heavy atom. The molecular weight excluding hydrogens is 454 g/mol. The highest BCUT2D eigenvalue weighted by Crippen LogP contribution is 2.31. The Balaban J connectivity index is 1.77. The summed E-state index contributed by atoms with van der Waals surface area (Å²) in [6.07, 6.45) is 1.60. The highest BCUT2D eigenvalue weighted by Gasteiger charge is 2.18. The average molecular weight is 472 g/mol. The number of fused-ring (bicyclic) bond motifs is 2. The summed E-state index contributed by atoms with van der Waals surface area (Å²) in [7, 11) is 0. The Bertz CT molecular complexity index is 1630. The number of esters is 1. The van der Waals surface area contributed by atoms with Gasteiger partial charge >= 0.3 is 11.6 Å². The number of carbonyl (C=O) groups excluding carboxylic acids is 1. The lowest BCUT2D eigenvalue weighted by Gasteiger charge is -2.11. The second kappa shape index (κ2) is 8.68. The van der Waals surface area contributed by atoms with Gasteiger partial charge in [0.25, 0.3) is 0 Å². The second-order valence-electron chi connectivity index (χ2n) is 7.76. The van der Waals surface area contributed by atoms with Gasteiger partial charge in [0.15, 0.2) is 11.4 Å². The van der Waals surface area contributed by atoms with Gasteiger partial charge in [0, 0.05) is 40.0 Å². The number of benzene rings is 2. The zero-order chi connectivity index (χ0) is 23.8. The van der Waals surface area contributed by atoms with Crippen LogP contribution >= 0.6 is 11.6 Å². The molecular formula is C26H18ClN3O4. The maximum Gasteiger partial charge on any atom is 0.347 e. The Morgan fingerprint density at radius 2 is 1.85 bits per heavy atom. The topological polar surface area (TPSA) is 95.2 Å². The minimum atomic E-state index is -0.589. The summed E-state index contributed by atoms with van der Waals surface area (Å²) in [6.45, 7) is 3.07. The molecule has 0 amide bonds. The van der Waals surface area contributed by atoms with Crippen molar-refractivity contribution in [2.75, 3.05) is 0 Å². The number of carbonyl (C=O) groups is 1. The van der Waals surface area contributed by atoms with Gasteiger partial charge in [-0.15, -0.1) is 0 Å². The van der Waals surface area contributed by atoms with E-state index in [-0.39, 0.29) is 18.0 Å². The van der Waals surface area contributed by atoms with E-state index in [1.54, 1.807) is 37.4 Å². The molecule has 0 atom stereocenters. The summed E-state index contributed by atoms with van der Waals surface area (Å²) in [6, 6.07) is 16.6. The van der Waals surface area contributed by atoms with Crippen molar-refractivity contribution < 1.29 is 13.9 Å². The maximum absolute atomic E-state index is 13.0. The van der Waals surface area contributed by atoms with Gasteiger partial charge < -0.3 is 9.15 Å². The first-order chi connectivity index (χ1) is 16.4. The van der Waals surface area contributed by atoms with Crippen LogP contribution in [-0.2, 0) is 16.1 Å². The lowest BCUT2D eigenvalue weighted by Crippen LogP contribution is -2.09. The molecule has 3 aromatic heterocycles. The lowest BCUT2D eigenvalue weighted by atomic mass is 10.1. The molecule has 2 aromatic carbocycles. The van der Waals surface area contributed by atoms with Crippen LogP contribution in [0.4, 0.5) is 0 Å². The van der Waals surface area contributed by atoms with Gasteiger partial charge in [0.1, 0.15) is 12.2 Å². The van der Waals surface area contributed by atoms with Crippen LogP contribution in [-0.4, -0.2) is 20.9 Å². The number of pyridine rings is 1. The molecule has 34 heavy (non-hydrogen) atoms. The van der Waals surface area contributed by atoms with E-state index in [0.717, 1.165) is 10.9 Å². The monoisotopic (exact) mass is 471 g/mol. The molecule has 0 unspecified atom stereocenters. The lowest BCUT2D eigenvalue weighted by molar-refractivity contribution is -0.142. The molecule has 0 spiro atoms. The van der Waals surface area contributed by atoms with E-state index in [1.165, 1.54) is 6.92 Å². The van der Waals surface area contributed by atoms with Gasteiger partial charge in [-0.3, -0.25) is 9.78 Å². The SMILES string of the molecule is CC(=O)OCc1cnc(C)c2oc(=O)c(-c3nc(-c4ccccc4)c4cc(Cl)ccc4n3)cc12. The zero-order valence-corrected chi connectivity index (χ0v) is 19.1. The first kappa shape index (κ1) is 21.7. The fourth-order valence-electron chi connectivity index (χ4n) is 3.77. The molecule has 0 bridgehead atoms. The molecule has 5 rings (SSSR count). The predicted molar refractivity (Wildman–Crippen MR) is 129 cm³/mol. The molecule has 0 saturated heterocycles. The van der Waals surface area contributed by atoms with E-state index in [9.17, 15) is 9.59 Å². The third kappa shape index (κ3) is 4.02. The Kier molecular flexibility index (Phi) is 5.55. The summed E-state index contributed by atoms with van der Waals surface area (Å²) in [5, 5.41) is 1.93. The van der Waals surface area contributed by atoms with Crippen molar-refractivity contribution in [2.45, 2.75) is 20.5 Å². The molecule has 0 fully saturated rings. The van der Waals surface area contributed by atoms with E-state index in [4.69, 9.17) is 25.7 Å². The molecule has 7 nitrogen and oxygen atoms in total. The first-order valence-electron chi connectivity index (χ1n) is 10.5. The zero-order valence-electron chi connectivity index (χ0n) is 18.3. The summed E-state index contributed by atoms with van der Waals surface area (Å²) in [5.74, 6) is -0.201. The maximum atomic E-state index is 13.0. The molecule has 5 aromatic rings. The van der Waals surface area contributed by atoms with Crippen molar-refractivity contribution in [3.63, 3.8) is 0 Å². The van der Waals surface area contributed by atoms with E-state index < -0.39 is 11.6 Å². The summed E-state index contributed by atoms with van der Waals surface area (Å²) < 4.78 is 10.8. The largest absolute Gasteiger partial charge is 0.461 e. The summed E-state index contributed by atoms with van der Waals surface area (Å²) >= 11 is 6.25. The van der Waals surface area contributed by atoms with Gasteiger partial charge in [-0.25, -0.2) is 14.8 Å². The molecule has 0 saturated carbocycles. The first-order valence-corrected chi connectivity index (χ1v) is 10.9. The number of aryl methyl sites for hydroxylation is 1. The fourth-order valence-corrected chi connectivity index (χ4v) is 3.94. The Labute approximate surface area is 199 Å². The molecule has 0 aliphatic rings. The number of hydrogen-bond acceptors (Lipinski definition) is 7. The second-order valence-corrected chi connectivity index (χ2v) is 8.20. The number of rotatable bonds is 4.